The molecule has 20 rings (SSSR count). The second-order valence-electron chi connectivity index (χ2n) is 33.0. The van der Waals surface area contributed by atoms with Crippen molar-refractivity contribution in [3.8, 4) is 199 Å². The minimum Gasteiger partial charge on any atom is -0.496 e. The van der Waals surface area contributed by atoms with E-state index in [4.69, 9.17) is 41.6 Å². The molecule has 0 atom stereocenters. The van der Waals surface area contributed by atoms with Crippen LogP contribution in [0, 0.1) is 58.6 Å². The second-order valence-corrected chi connectivity index (χ2v) is 33.8. The lowest BCUT2D eigenvalue weighted by molar-refractivity contribution is -0.384. The summed E-state index contributed by atoms with van der Waals surface area (Å²) in [5.74, 6) is 5.59. The summed E-state index contributed by atoms with van der Waals surface area (Å²) in [7, 11) is 4.75. The quantitative estimate of drug-likeness (QED) is 0.0346. The van der Waals surface area contributed by atoms with Crippen LogP contribution in [-0.4, -0.2) is 89.9 Å². The fourth-order valence-corrected chi connectivity index (χ4v) is 17.1. The Bertz CT molecular complexity index is 8040. The first-order chi connectivity index (χ1) is 70.3. The summed E-state index contributed by atoms with van der Waals surface area (Å²) in [6, 6.07) is 88.9. The maximum Gasteiger partial charge on any atom is 0.573 e. The molecule has 0 bridgehead atoms. The number of hydrogen-bond acceptors (Lipinski definition) is 23. The highest BCUT2D eigenvalue weighted by Crippen LogP contribution is 2.45. The smallest absolute Gasteiger partial charge is 0.496 e. The molecule has 0 fully saturated rings. The van der Waals surface area contributed by atoms with Gasteiger partial charge in [-0.25, -0.2) is 0 Å². The van der Waals surface area contributed by atoms with Gasteiger partial charge in [0.25, 0.3) is 35.1 Å². The Morgan fingerprint density at radius 2 is 0.596 bits per heavy atom. The maximum atomic E-state index is 13.4. The molecule has 0 radical (unpaired) electrons. The number of methoxy groups -OCH3 is 3. The van der Waals surface area contributed by atoms with E-state index in [-0.39, 0.29) is 45.9 Å². The van der Waals surface area contributed by atoms with E-state index >= 15 is 0 Å². The molecule has 0 amide bonds. The van der Waals surface area contributed by atoms with Gasteiger partial charge in [0.1, 0.15) is 28.7 Å². The third-order valence-electron chi connectivity index (χ3n) is 23.3. The first-order valence-corrected chi connectivity index (χ1v) is 46.1. The van der Waals surface area contributed by atoms with E-state index in [1.54, 1.807) is 101 Å². The summed E-state index contributed by atoms with van der Waals surface area (Å²) in [4.78, 5) is 33.5. The summed E-state index contributed by atoms with van der Waals surface area (Å²) in [6.07, 6.45) is -13.8. The highest BCUT2D eigenvalue weighted by atomic mass is 32.1. The SMILES string of the molecule is CCOc1ccccc1-c1noc(-c2ccc(-c3ccccc3C)c(C)c2)n1.COc1ccccc1-c1noc(-c2ccc(-c3ccccc3C(F)(F)F)c(C)c2)n1.COc1ccccc1-c1noc(-c2ccc(-c3ccccc3C)c([N+](=O)[O-])c2)n1.COc1ccccc1-c1noc(-c2ccc(-c3cscc3C)c(C)c2)n1.Cc1cc(-c2nc(-c3cccc(OC(F)(F)F)c3)no2)ccc1-c1ccccc1C(F)(F)F. The predicted octanol–water partition coefficient (Wildman–Crippen LogP) is 30.8. The number of benzene rings is 14. The number of halogens is 9. The molecule has 146 heavy (non-hydrogen) atoms. The molecule has 0 unspecified atom stereocenters. The molecule has 20 aromatic rings. The van der Waals surface area contributed by atoms with Crippen LogP contribution in [0.2, 0.25) is 0 Å². The third kappa shape index (κ3) is 23.5. The summed E-state index contributed by atoms with van der Waals surface area (Å²) >= 11 is 1.72. The van der Waals surface area contributed by atoms with Crippen molar-refractivity contribution in [1.29, 1.82) is 0 Å². The zero-order valence-corrected chi connectivity index (χ0v) is 80.8. The molecule has 6 aromatic heterocycles. The van der Waals surface area contributed by atoms with E-state index < -0.39 is 40.5 Å². The highest BCUT2D eigenvalue weighted by Gasteiger charge is 2.37. The van der Waals surface area contributed by atoms with Crippen LogP contribution < -0.4 is 23.7 Å². The summed E-state index contributed by atoms with van der Waals surface area (Å²) < 4.78 is 170. The lowest BCUT2D eigenvalue weighted by atomic mass is 9.94. The summed E-state index contributed by atoms with van der Waals surface area (Å²) in [5.41, 5.74) is 19.6. The van der Waals surface area contributed by atoms with Crippen molar-refractivity contribution in [3.05, 3.63) is 380 Å². The van der Waals surface area contributed by atoms with E-state index in [1.165, 1.54) is 105 Å². The zero-order valence-electron chi connectivity index (χ0n) is 79.9. The van der Waals surface area contributed by atoms with E-state index in [9.17, 15) is 49.6 Å². The van der Waals surface area contributed by atoms with Gasteiger partial charge in [0, 0.05) is 39.4 Å². The van der Waals surface area contributed by atoms with Crippen LogP contribution >= 0.6 is 11.3 Å². The van der Waals surface area contributed by atoms with E-state index in [1.807, 2.05) is 135 Å². The normalized spacial score (nSPS) is 11.2. The molecule has 33 heteroatoms. The first kappa shape index (κ1) is 101. The van der Waals surface area contributed by atoms with Gasteiger partial charge in [0.15, 0.2) is 0 Å². The lowest BCUT2D eigenvalue weighted by Crippen LogP contribution is -2.17. The van der Waals surface area contributed by atoms with Crippen molar-refractivity contribution in [2.45, 2.75) is 74.1 Å². The Balaban J connectivity index is 0.000000131. The standard InChI is InChI=1S/C24H22N2O2.C23H14F6N2O2.C23H17F3N2O2.C22H17N3O4.C21H18N2O2S/c1-4-27-22-12-8-7-11-21(22)23-25-24(28-26-23)18-13-14-20(17(3)15-18)19-10-6-5-9-16(19)2;1-13-11-15(9-10-17(13)18-7-2-3-8-19(18)22(24,25)26)21-30-20(31-33-21)14-5-4-6-16(12-14)32-23(27,28)29;1-14-13-15(11-12-16(14)17-7-3-5-9-19(17)23(24,25)26)22-27-21(28-30-22)18-8-4-6-10-20(18)29-2;1-14-7-3-4-8-16(14)17-12-11-15(13-19(17)25(26)27)22-23-21(24-29-22)18-9-5-6-10-20(18)28-2;1-13-10-15(8-9-16(13)18-12-26-11-14(18)2)21-22-20(23-25-21)17-6-4-5-7-19(17)24-3/h5-15H,4H2,1-3H3;2-12H,1H3;3-13H,1-2H3;3-13H,1-2H3;4-12H,1-3H3. The minimum atomic E-state index is -4.84. The maximum absolute atomic E-state index is 13.4. The topological polar surface area (TPSA) is 284 Å². The highest BCUT2D eigenvalue weighted by molar-refractivity contribution is 7.08. The Hall–Kier alpha value is -17.8. The third-order valence-corrected chi connectivity index (χ3v) is 24.2. The number of ether oxygens (including phenoxy) is 5. The second kappa shape index (κ2) is 44.6. The van der Waals surface area contributed by atoms with Crippen LogP contribution in [0.4, 0.5) is 45.2 Å². The van der Waals surface area contributed by atoms with Crippen molar-refractivity contribution >= 4 is 17.0 Å². The molecular weight excluding hydrogens is 1910 g/mol. The Kier molecular flexibility index (Phi) is 30.9. The number of nitro groups is 1. The number of aromatic nitrogens is 10. The number of rotatable bonds is 22. The Labute approximate surface area is 834 Å². The summed E-state index contributed by atoms with van der Waals surface area (Å²) in [5, 5.41) is 36.2. The average Bonchev–Trinajstić information content (AvgIpc) is 1.68. The summed E-state index contributed by atoms with van der Waals surface area (Å²) in [6.45, 7) is 16.3. The van der Waals surface area contributed by atoms with Crippen LogP contribution in [0.25, 0.3) is 170 Å². The van der Waals surface area contributed by atoms with Crippen molar-refractivity contribution in [2.24, 2.45) is 0 Å². The van der Waals surface area contributed by atoms with Gasteiger partial charge in [-0.15, -0.1) is 13.2 Å². The van der Waals surface area contributed by atoms with Gasteiger partial charge in [-0.1, -0.05) is 196 Å². The molecule has 0 saturated carbocycles. The van der Waals surface area contributed by atoms with Gasteiger partial charge in [-0.05, 0) is 289 Å². The lowest BCUT2D eigenvalue weighted by Gasteiger charge is -2.14. The number of hydrogen-bond donors (Lipinski definition) is 0. The van der Waals surface area contributed by atoms with Crippen molar-refractivity contribution < 1.29 is 90.7 Å². The molecule has 14 aromatic carbocycles. The monoisotopic (exact) mass is 1990 g/mol. The fraction of sp³-hybridized carbons (Fsp3) is 0.133. The van der Waals surface area contributed by atoms with Crippen molar-refractivity contribution in [2.75, 3.05) is 27.9 Å². The van der Waals surface area contributed by atoms with Gasteiger partial charge < -0.3 is 46.3 Å². The molecule has 0 spiro atoms. The molecule has 0 aliphatic rings. The molecule has 6 heterocycles. The number of para-hydroxylation sites is 4. The molecule has 0 aliphatic carbocycles. The van der Waals surface area contributed by atoms with Gasteiger partial charge in [-0.3, -0.25) is 10.1 Å². The number of thiophene rings is 1. The molecule has 0 saturated heterocycles. The van der Waals surface area contributed by atoms with Crippen molar-refractivity contribution in [1.82, 2.24) is 50.7 Å². The number of alkyl halides is 9. The fourth-order valence-electron chi connectivity index (χ4n) is 16.3. The van der Waals surface area contributed by atoms with E-state index in [2.05, 4.69) is 142 Å². The van der Waals surface area contributed by atoms with Crippen LogP contribution in [0.5, 0.6) is 28.7 Å². The molecule has 736 valence electrons. The predicted molar refractivity (Wildman–Crippen MR) is 538 cm³/mol. The number of nitro benzene ring substituents is 1. The molecular formula is C113H88F9N11O12S. The van der Waals surface area contributed by atoms with Gasteiger partial charge in [0.05, 0.1) is 71.8 Å². The van der Waals surface area contributed by atoms with Gasteiger partial charge >= 0.3 is 18.7 Å². The number of nitrogens with zero attached hydrogens (tertiary/aromatic N) is 11. The van der Waals surface area contributed by atoms with Crippen LogP contribution in [0.1, 0.15) is 57.0 Å². The Morgan fingerprint density at radius 3 is 0.938 bits per heavy atom. The van der Waals surface area contributed by atoms with E-state index in [0.717, 1.165) is 69.1 Å². The van der Waals surface area contributed by atoms with E-state index in [0.29, 0.717) is 109 Å². The van der Waals surface area contributed by atoms with Crippen LogP contribution in [-0.2, 0) is 12.4 Å². The Morgan fingerprint density at radius 1 is 0.295 bits per heavy atom. The largest absolute Gasteiger partial charge is 0.573 e. The van der Waals surface area contributed by atoms with Crippen LogP contribution in [0.15, 0.2) is 343 Å². The zero-order chi connectivity index (χ0) is 103. The molecule has 23 nitrogen and oxygen atoms in total. The van der Waals surface area contributed by atoms with Crippen molar-refractivity contribution in [3.63, 3.8) is 0 Å². The van der Waals surface area contributed by atoms with Gasteiger partial charge in [0.2, 0.25) is 29.1 Å². The van der Waals surface area contributed by atoms with Crippen LogP contribution in [0.3, 0.4) is 0 Å². The average molecular weight is 2000 g/mol. The molecule has 0 N–H and O–H groups in total. The first-order valence-electron chi connectivity index (χ1n) is 45.2. The van der Waals surface area contributed by atoms with Gasteiger partial charge in [-0.2, -0.15) is 62.6 Å². The number of aryl methyl sites for hydroxylation is 7. The minimum absolute atomic E-state index is 0.0196. The molecule has 0 aliphatic heterocycles.